The highest BCUT2D eigenvalue weighted by molar-refractivity contribution is 5.90. The molecule has 0 bridgehead atoms. The fraction of sp³-hybridized carbons (Fsp3) is 0.385. The van der Waals surface area contributed by atoms with Crippen molar-refractivity contribution in [1.82, 2.24) is 24.8 Å². The molecule has 35 heavy (non-hydrogen) atoms. The van der Waals surface area contributed by atoms with Gasteiger partial charge >= 0.3 is 0 Å². The summed E-state index contributed by atoms with van der Waals surface area (Å²) in [6.07, 6.45) is 10.5. The number of nitrogens with one attached hydrogen (secondary N) is 2. The zero-order chi connectivity index (χ0) is 26.8. The molecule has 0 spiro atoms. The lowest BCUT2D eigenvalue weighted by Gasteiger charge is -2.05. The summed E-state index contributed by atoms with van der Waals surface area (Å²) >= 11 is 0. The van der Waals surface area contributed by atoms with Crippen LogP contribution in [-0.2, 0) is 27.8 Å². The first-order chi connectivity index (χ1) is 16.9. The van der Waals surface area contributed by atoms with E-state index in [1.807, 2.05) is 39.8 Å². The number of allylic oxidation sites excluding steroid dienone is 2. The van der Waals surface area contributed by atoms with Gasteiger partial charge in [0.2, 0.25) is 0 Å². The molecule has 3 aromatic rings. The minimum absolute atomic E-state index is 0.230. The van der Waals surface area contributed by atoms with E-state index in [2.05, 4.69) is 49.3 Å². The number of aromatic amines is 1. The first-order valence-corrected chi connectivity index (χ1v) is 11.2. The highest BCUT2D eigenvalue weighted by Crippen LogP contribution is 2.31. The summed E-state index contributed by atoms with van der Waals surface area (Å²) in [6.45, 7) is 12.9. The van der Waals surface area contributed by atoms with Crippen molar-refractivity contribution in [2.75, 3.05) is 27.4 Å². The van der Waals surface area contributed by atoms with Gasteiger partial charge < -0.3 is 29.5 Å². The third-order valence-corrected chi connectivity index (χ3v) is 4.74. The number of carbonyl (C=O) groups excluding carboxylic acids is 2. The van der Waals surface area contributed by atoms with Gasteiger partial charge in [-0.25, -0.2) is 4.98 Å². The quantitative estimate of drug-likeness (QED) is 0.254. The van der Waals surface area contributed by atoms with Crippen molar-refractivity contribution in [2.45, 2.75) is 33.2 Å². The molecule has 0 fully saturated rings. The maximum Gasteiger partial charge on any atom is 0.156 e. The van der Waals surface area contributed by atoms with Gasteiger partial charge in [-0.05, 0) is 32.0 Å². The van der Waals surface area contributed by atoms with E-state index in [1.165, 1.54) is 0 Å². The van der Waals surface area contributed by atoms with Crippen LogP contribution < -0.4 is 5.32 Å². The molecule has 0 aromatic carbocycles. The number of ether oxygens (including phenoxy) is 1. The molecule has 192 valence electrons. The van der Waals surface area contributed by atoms with E-state index in [4.69, 9.17) is 9.90 Å². The summed E-state index contributed by atoms with van der Waals surface area (Å²) in [7, 11) is 5.26. The zero-order valence-electron chi connectivity index (χ0n) is 21.7. The molecule has 3 rings (SSSR count). The average molecular weight is 486 g/mol. The molecule has 9 nitrogen and oxygen atoms in total. The Kier molecular flexibility index (Phi) is 16.2. The number of aryl methyl sites for hydroxylation is 1. The van der Waals surface area contributed by atoms with Crippen molar-refractivity contribution in [3.63, 3.8) is 0 Å². The van der Waals surface area contributed by atoms with Crippen LogP contribution in [0.15, 0.2) is 42.9 Å². The molecule has 0 saturated carbocycles. The summed E-state index contributed by atoms with van der Waals surface area (Å²) in [4.78, 5) is 31.1. The first kappa shape index (κ1) is 31.6. The number of likely N-dealkylation sites (N-methyl/N-ethyl adjacent to an activating group) is 1. The number of nitrogens with zero attached hydrogens (tertiary/aromatic N) is 3. The lowest BCUT2D eigenvalue weighted by Crippen LogP contribution is -2.28. The van der Waals surface area contributed by atoms with E-state index in [1.54, 1.807) is 32.7 Å². The molecule has 3 N–H and O–H groups in total. The van der Waals surface area contributed by atoms with Crippen LogP contribution in [0.3, 0.4) is 0 Å². The van der Waals surface area contributed by atoms with Gasteiger partial charge in [-0.3, -0.25) is 9.78 Å². The number of hydrogen-bond donors (Lipinski definition) is 3. The van der Waals surface area contributed by atoms with Crippen molar-refractivity contribution >= 4 is 30.3 Å². The number of methoxy groups -OCH3 is 1. The number of aromatic nitrogens is 4. The number of hydrogen-bond acceptors (Lipinski definition) is 7. The molecule has 0 amide bonds. The summed E-state index contributed by atoms with van der Waals surface area (Å²) in [5.74, 6) is 0. The predicted octanol–water partition coefficient (Wildman–Crippen LogP) is 3.35. The van der Waals surface area contributed by atoms with Gasteiger partial charge in [0, 0.05) is 68.3 Å². The Morgan fingerprint density at radius 3 is 2.37 bits per heavy atom. The highest BCUT2D eigenvalue weighted by Gasteiger charge is 2.15. The largest absolute Gasteiger partial charge is 0.395 e. The summed E-state index contributed by atoms with van der Waals surface area (Å²) < 4.78 is 6.33. The van der Waals surface area contributed by atoms with Crippen LogP contribution in [-0.4, -0.2) is 71.1 Å². The lowest BCUT2D eigenvalue weighted by molar-refractivity contribution is -0.104. The second-order valence-electron chi connectivity index (χ2n) is 7.36. The summed E-state index contributed by atoms with van der Waals surface area (Å²) in [5, 5.41) is 11.4. The minimum atomic E-state index is 0.230. The summed E-state index contributed by atoms with van der Waals surface area (Å²) in [5.41, 5.74) is 6.24. The lowest BCUT2D eigenvalue weighted by atomic mass is 10.0. The van der Waals surface area contributed by atoms with Gasteiger partial charge in [0.15, 0.2) is 5.65 Å². The molecule has 0 radical (unpaired) electrons. The maximum absolute atomic E-state index is 11.2. The molecule has 0 aliphatic heterocycles. The molecule has 1 atom stereocenters. The number of carbonyl (C=O) groups is 2. The van der Waals surface area contributed by atoms with E-state index in [0.717, 1.165) is 52.9 Å². The number of fused-ring (bicyclic) bond motifs is 1. The van der Waals surface area contributed by atoms with Gasteiger partial charge in [-0.2, -0.15) is 0 Å². The average Bonchev–Trinajstić information content (AvgIpc) is 3.44. The highest BCUT2D eigenvalue weighted by atomic mass is 16.4. The number of aliphatic hydroxyl groups excluding tert-OH is 1. The number of rotatable bonds is 8. The van der Waals surface area contributed by atoms with Gasteiger partial charge in [0.25, 0.3) is 0 Å². The van der Waals surface area contributed by atoms with E-state index >= 15 is 0 Å². The van der Waals surface area contributed by atoms with E-state index in [9.17, 15) is 4.79 Å². The number of aliphatic hydroxyl groups is 1. The molecule has 0 aliphatic carbocycles. The van der Waals surface area contributed by atoms with Crippen LogP contribution in [0.25, 0.3) is 28.5 Å². The van der Waals surface area contributed by atoms with Gasteiger partial charge in [-0.1, -0.05) is 26.5 Å². The topological polar surface area (TPSA) is 122 Å². The smallest absolute Gasteiger partial charge is 0.156 e. The van der Waals surface area contributed by atoms with Gasteiger partial charge in [0.05, 0.1) is 12.3 Å². The first-order valence-electron chi connectivity index (χ1n) is 11.2. The van der Waals surface area contributed by atoms with Crippen LogP contribution in [0, 0.1) is 0 Å². The number of H-pyrrole nitrogens is 1. The minimum Gasteiger partial charge on any atom is -0.395 e. The second kappa shape index (κ2) is 18.0. The molecular weight excluding hydrogens is 446 g/mol. The van der Waals surface area contributed by atoms with Crippen LogP contribution in [0.4, 0.5) is 0 Å². The molecule has 0 aliphatic rings. The Bertz CT molecular complexity index is 1010. The Morgan fingerprint density at radius 2 is 1.91 bits per heavy atom. The standard InChI is InChI=1S/C18H18N4O.C5H13NO.C2H6O.CH2O/c1-4-12(11-23)8-13-14(10-22(3)17(13)5-2)15-9-16-18(21-15)20-7-6-19-16;1-3-6-5(2)4-7;1-3-2;1-2/h4,6-11H,1,5H2,2-3H3,(H,20,21);5-7H,3-4H2,1-2H3;1-2H3;1H2/b12-8+;;;. The molecule has 0 saturated heterocycles. The Morgan fingerprint density at radius 1 is 1.29 bits per heavy atom. The van der Waals surface area contributed by atoms with Crippen LogP contribution >= 0.6 is 0 Å². The van der Waals surface area contributed by atoms with Crippen LogP contribution in [0.5, 0.6) is 0 Å². The van der Waals surface area contributed by atoms with Gasteiger partial charge in [0.1, 0.15) is 18.6 Å². The Hall–Kier alpha value is -3.40. The van der Waals surface area contributed by atoms with Crippen molar-refractivity contribution in [1.29, 1.82) is 0 Å². The van der Waals surface area contributed by atoms with Gasteiger partial charge in [-0.15, -0.1) is 0 Å². The molecule has 9 heteroatoms. The van der Waals surface area contributed by atoms with E-state index in [0.29, 0.717) is 5.57 Å². The van der Waals surface area contributed by atoms with Crippen molar-refractivity contribution in [3.05, 3.63) is 54.1 Å². The molecule has 3 heterocycles. The SMILES string of the molecule is C=C/C(C=O)=C\c1c(-c2cc3nccnc3[nH]2)cn(C)c1CC.C=O.CCNC(C)CO.COC. The van der Waals surface area contributed by atoms with E-state index in [-0.39, 0.29) is 12.6 Å². The molecule has 3 aromatic heterocycles. The number of aldehydes is 1. The monoisotopic (exact) mass is 485 g/mol. The Labute approximate surface area is 207 Å². The van der Waals surface area contributed by atoms with Crippen LogP contribution in [0.2, 0.25) is 0 Å². The second-order valence-corrected chi connectivity index (χ2v) is 7.36. The van der Waals surface area contributed by atoms with Crippen LogP contribution in [0.1, 0.15) is 32.0 Å². The molecule has 1 unspecified atom stereocenters. The fourth-order valence-corrected chi connectivity index (χ4v) is 3.22. The van der Waals surface area contributed by atoms with Crippen molar-refractivity contribution in [2.24, 2.45) is 7.05 Å². The molecular formula is C26H39N5O4. The van der Waals surface area contributed by atoms with Crippen molar-refractivity contribution in [3.8, 4) is 11.3 Å². The zero-order valence-corrected chi connectivity index (χ0v) is 21.7. The normalized spacial score (nSPS) is 11.2. The third-order valence-electron chi connectivity index (χ3n) is 4.74. The summed E-state index contributed by atoms with van der Waals surface area (Å²) in [6, 6.07) is 2.23. The maximum atomic E-state index is 11.2. The Balaban J connectivity index is 0.000000813. The van der Waals surface area contributed by atoms with E-state index < -0.39 is 0 Å². The van der Waals surface area contributed by atoms with Crippen molar-refractivity contribution < 1.29 is 19.4 Å². The fourth-order valence-electron chi connectivity index (χ4n) is 3.22. The third kappa shape index (κ3) is 9.78. The predicted molar refractivity (Wildman–Crippen MR) is 142 cm³/mol.